The Labute approximate surface area is 121 Å². The van der Waals surface area contributed by atoms with E-state index in [4.69, 9.17) is 9.47 Å². The molecule has 2 aromatic rings. The lowest BCUT2D eigenvalue weighted by molar-refractivity contribution is 0.0599. The van der Waals surface area contributed by atoms with E-state index in [0.717, 1.165) is 9.86 Å². The van der Waals surface area contributed by atoms with E-state index in [2.05, 4.69) is 36.8 Å². The van der Waals surface area contributed by atoms with Crippen LogP contribution in [0.2, 0.25) is 0 Å². The number of fused-ring (bicyclic) bond motifs is 1. The third-order valence-electron chi connectivity index (χ3n) is 2.49. The van der Waals surface area contributed by atoms with Crippen LogP contribution in [0.15, 0.2) is 27.3 Å². The van der Waals surface area contributed by atoms with E-state index in [9.17, 15) is 4.79 Å². The Kier molecular flexibility index (Phi) is 3.87. The van der Waals surface area contributed by atoms with Crippen molar-refractivity contribution in [3.8, 4) is 5.75 Å². The van der Waals surface area contributed by atoms with Gasteiger partial charge in [0.05, 0.1) is 30.7 Å². The first kappa shape index (κ1) is 13.3. The largest absolute Gasteiger partial charge is 0.496 e. The van der Waals surface area contributed by atoms with Gasteiger partial charge in [-0.25, -0.2) is 4.79 Å². The molecule has 4 nitrogen and oxygen atoms in total. The maximum absolute atomic E-state index is 11.6. The highest BCUT2D eigenvalue weighted by molar-refractivity contribution is 9.11. The van der Waals surface area contributed by atoms with Gasteiger partial charge >= 0.3 is 5.97 Å². The Balaban J connectivity index is 2.84. The minimum atomic E-state index is -0.446. The summed E-state index contributed by atoms with van der Waals surface area (Å²) < 4.78 is 11.4. The first-order valence-electron chi connectivity index (χ1n) is 4.99. The number of benzene rings is 1. The van der Waals surface area contributed by atoms with Crippen LogP contribution >= 0.6 is 31.9 Å². The van der Waals surface area contributed by atoms with Crippen LogP contribution in [-0.4, -0.2) is 25.2 Å². The zero-order valence-electron chi connectivity index (χ0n) is 9.66. The zero-order chi connectivity index (χ0) is 13.3. The number of nitrogens with zero attached hydrogens (tertiary/aromatic N) is 1. The van der Waals surface area contributed by atoms with Gasteiger partial charge in [-0.3, -0.25) is 4.98 Å². The number of hydrogen-bond acceptors (Lipinski definition) is 4. The summed E-state index contributed by atoms with van der Waals surface area (Å²) in [4.78, 5) is 15.9. The highest BCUT2D eigenvalue weighted by Gasteiger charge is 2.18. The van der Waals surface area contributed by atoms with Crippen LogP contribution in [0.25, 0.3) is 10.9 Å². The number of carbonyl (C=O) groups is 1. The van der Waals surface area contributed by atoms with Crippen LogP contribution in [0.1, 0.15) is 10.4 Å². The van der Waals surface area contributed by atoms with E-state index in [-0.39, 0.29) is 0 Å². The standard InChI is InChI=1S/C12H9Br2NO3/c1-17-8-4-3-7(13)11-9(8)10(14)6(5-15-11)12(16)18-2/h3-5H,1-2H3. The highest BCUT2D eigenvalue weighted by Crippen LogP contribution is 2.37. The van der Waals surface area contributed by atoms with Gasteiger partial charge in [0.1, 0.15) is 5.75 Å². The first-order chi connectivity index (χ1) is 8.60. The van der Waals surface area contributed by atoms with Gasteiger partial charge in [-0.1, -0.05) is 0 Å². The molecule has 0 spiro atoms. The maximum atomic E-state index is 11.6. The first-order valence-corrected chi connectivity index (χ1v) is 6.57. The minimum absolute atomic E-state index is 0.362. The van der Waals surface area contributed by atoms with Crippen LogP contribution in [-0.2, 0) is 4.74 Å². The molecule has 0 bridgehead atoms. The third kappa shape index (κ3) is 2.10. The fraction of sp³-hybridized carbons (Fsp3) is 0.167. The second kappa shape index (κ2) is 5.24. The predicted octanol–water partition coefficient (Wildman–Crippen LogP) is 3.56. The van der Waals surface area contributed by atoms with Crippen LogP contribution in [0.5, 0.6) is 5.75 Å². The number of rotatable bonds is 2. The topological polar surface area (TPSA) is 48.4 Å². The molecule has 0 atom stereocenters. The molecule has 1 heterocycles. The lowest BCUT2D eigenvalue weighted by Gasteiger charge is -2.10. The Hall–Kier alpha value is -1.14. The fourth-order valence-corrected chi connectivity index (χ4v) is 2.71. The molecule has 1 aromatic carbocycles. The molecule has 6 heteroatoms. The number of pyridine rings is 1. The summed E-state index contributed by atoms with van der Waals surface area (Å²) in [5.74, 6) is 0.191. The molecular weight excluding hydrogens is 366 g/mol. The van der Waals surface area contributed by atoms with Crippen LogP contribution in [0, 0.1) is 0 Å². The average Bonchev–Trinajstić information content (AvgIpc) is 2.39. The Morgan fingerprint density at radius 2 is 2.00 bits per heavy atom. The van der Waals surface area contributed by atoms with E-state index < -0.39 is 5.97 Å². The number of methoxy groups -OCH3 is 2. The molecule has 2 rings (SSSR count). The number of halogens is 2. The van der Waals surface area contributed by atoms with Crippen molar-refractivity contribution < 1.29 is 14.3 Å². The second-order valence-corrected chi connectivity index (χ2v) is 5.10. The Morgan fingerprint density at radius 3 is 2.61 bits per heavy atom. The lowest BCUT2D eigenvalue weighted by atomic mass is 10.1. The van der Waals surface area contributed by atoms with Crippen molar-refractivity contribution in [2.45, 2.75) is 0 Å². The summed E-state index contributed by atoms with van der Waals surface area (Å²) in [5, 5.41) is 0.731. The van der Waals surface area contributed by atoms with Crippen molar-refractivity contribution in [2.75, 3.05) is 14.2 Å². The molecule has 0 unspecified atom stereocenters. The quantitative estimate of drug-likeness (QED) is 0.754. The maximum Gasteiger partial charge on any atom is 0.340 e. The van der Waals surface area contributed by atoms with Crippen molar-refractivity contribution in [1.82, 2.24) is 4.98 Å². The Morgan fingerprint density at radius 1 is 1.28 bits per heavy atom. The van der Waals surface area contributed by atoms with Gasteiger partial charge < -0.3 is 9.47 Å². The molecule has 0 N–H and O–H groups in total. The fourth-order valence-electron chi connectivity index (χ4n) is 1.63. The molecule has 0 aliphatic heterocycles. The average molecular weight is 375 g/mol. The number of aromatic nitrogens is 1. The molecule has 0 amide bonds. The molecular formula is C12H9Br2NO3. The smallest absolute Gasteiger partial charge is 0.340 e. The summed E-state index contributed by atoms with van der Waals surface area (Å²) in [6.07, 6.45) is 1.47. The van der Waals surface area contributed by atoms with Gasteiger partial charge in [-0.15, -0.1) is 0 Å². The van der Waals surface area contributed by atoms with Crippen molar-refractivity contribution in [1.29, 1.82) is 0 Å². The predicted molar refractivity (Wildman–Crippen MR) is 75.0 cm³/mol. The van der Waals surface area contributed by atoms with Crippen molar-refractivity contribution in [3.05, 3.63) is 32.8 Å². The lowest BCUT2D eigenvalue weighted by Crippen LogP contribution is -2.04. The molecule has 0 aliphatic carbocycles. The second-order valence-electron chi connectivity index (χ2n) is 3.45. The van der Waals surface area contributed by atoms with E-state index in [0.29, 0.717) is 21.3 Å². The number of carbonyl (C=O) groups excluding carboxylic acids is 1. The van der Waals surface area contributed by atoms with E-state index in [1.54, 1.807) is 13.2 Å². The number of hydrogen-bond donors (Lipinski definition) is 0. The van der Waals surface area contributed by atoms with Gasteiger partial charge in [0, 0.05) is 15.1 Å². The Bertz CT molecular complexity index is 628. The van der Waals surface area contributed by atoms with Gasteiger partial charge in [-0.2, -0.15) is 0 Å². The van der Waals surface area contributed by atoms with Gasteiger partial charge in [-0.05, 0) is 44.0 Å². The summed E-state index contributed by atoms with van der Waals surface area (Å²) in [6.45, 7) is 0. The molecule has 0 radical (unpaired) electrons. The van der Waals surface area contributed by atoms with Crippen LogP contribution in [0.3, 0.4) is 0 Å². The van der Waals surface area contributed by atoms with Crippen molar-refractivity contribution in [2.24, 2.45) is 0 Å². The van der Waals surface area contributed by atoms with Gasteiger partial charge in [0.25, 0.3) is 0 Å². The van der Waals surface area contributed by atoms with E-state index in [1.165, 1.54) is 13.3 Å². The van der Waals surface area contributed by atoms with Gasteiger partial charge in [0.2, 0.25) is 0 Å². The summed E-state index contributed by atoms with van der Waals surface area (Å²) in [5.41, 5.74) is 1.08. The van der Waals surface area contributed by atoms with Gasteiger partial charge in [0.15, 0.2) is 0 Å². The molecule has 18 heavy (non-hydrogen) atoms. The summed E-state index contributed by atoms with van der Waals surface area (Å²) in [6, 6.07) is 3.65. The summed E-state index contributed by atoms with van der Waals surface area (Å²) >= 11 is 6.83. The monoisotopic (exact) mass is 373 g/mol. The van der Waals surface area contributed by atoms with Crippen LogP contribution < -0.4 is 4.74 Å². The SMILES string of the molecule is COC(=O)c1cnc2c(Br)ccc(OC)c2c1Br. The molecule has 0 saturated heterocycles. The molecule has 1 aromatic heterocycles. The molecule has 0 saturated carbocycles. The van der Waals surface area contributed by atoms with E-state index >= 15 is 0 Å². The third-order valence-corrected chi connectivity index (χ3v) is 3.96. The molecule has 0 fully saturated rings. The van der Waals surface area contributed by atoms with Crippen LogP contribution in [0.4, 0.5) is 0 Å². The number of ether oxygens (including phenoxy) is 2. The zero-order valence-corrected chi connectivity index (χ0v) is 12.8. The number of esters is 1. The van der Waals surface area contributed by atoms with Crippen molar-refractivity contribution >= 4 is 48.7 Å². The minimum Gasteiger partial charge on any atom is -0.496 e. The normalized spacial score (nSPS) is 10.4. The summed E-state index contributed by atoms with van der Waals surface area (Å²) in [7, 11) is 2.90. The highest BCUT2D eigenvalue weighted by atomic mass is 79.9. The molecule has 94 valence electrons. The molecule has 0 aliphatic rings. The van der Waals surface area contributed by atoms with Crippen molar-refractivity contribution in [3.63, 3.8) is 0 Å². The van der Waals surface area contributed by atoms with E-state index in [1.807, 2.05) is 6.07 Å².